The Morgan fingerprint density at radius 2 is 1.85 bits per heavy atom. The molecule has 0 amide bonds. The molecule has 1 unspecified atom stereocenters. The van der Waals surface area contributed by atoms with Crippen molar-refractivity contribution in [3.8, 4) is 11.3 Å². The number of anilines is 2. The van der Waals surface area contributed by atoms with Crippen LogP contribution in [0.4, 0.5) is 20.2 Å². The average molecular weight is 496 g/mol. The van der Waals surface area contributed by atoms with E-state index in [2.05, 4.69) is 11.0 Å². The minimum absolute atomic E-state index is 0.0266. The fourth-order valence-electron chi connectivity index (χ4n) is 4.36. The molecule has 1 atom stereocenters. The molecular formula is C22H27F2N5O2S2. The van der Waals surface area contributed by atoms with Gasteiger partial charge in [-0.15, -0.1) is 0 Å². The first-order valence-electron chi connectivity index (χ1n) is 11.0. The first-order chi connectivity index (χ1) is 15.6. The number of alkyl halides is 2. The summed E-state index contributed by atoms with van der Waals surface area (Å²) in [4.78, 5) is 7.05. The van der Waals surface area contributed by atoms with Crippen molar-refractivity contribution in [2.24, 2.45) is 5.92 Å². The van der Waals surface area contributed by atoms with Crippen LogP contribution in [0.25, 0.3) is 11.3 Å². The van der Waals surface area contributed by atoms with Crippen LogP contribution in [-0.4, -0.2) is 74.6 Å². The summed E-state index contributed by atoms with van der Waals surface area (Å²) < 4.78 is 55.7. The van der Waals surface area contributed by atoms with E-state index >= 15 is 0 Å². The number of sulfonamides is 1. The summed E-state index contributed by atoms with van der Waals surface area (Å²) in [6, 6.07) is 12.0. The second kappa shape index (κ2) is 8.37. The highest BCUT2D eigenvalue weighted by Crippen LogP contribution is 2.53. The number of halogens is 2. The van der Waals surface area contributed by atoms with Gasteiger partial charge < -0.3 is 0 Å². The summed E-state index contributed by atoms with van der Waals surface area (Å²) in [5, 5.41) is 0. The Morgan fingerprint density at radius 1 is 1.12 bits per heavy atom. The molecular weight excluding hydrogens is 468 g/mol. The van der Waals surface area contributed by atoms with Gasteiger partial charge in [-0.1, -0.05) is 12.1 Å². The van der Waals surface area contributed by atoms with Crippen molar-refractivity contribution in [1.29, 1.82) is 0 Å². The third-order valence-electron chi connectivity index (χ3n) is 6.43. The molecule has 2 aromatic rings. The Bertz CT molecular complexity index is 1160. The Hall–Kier alpha value is -1.95. The van der Waals surface area contributed by atoms with Gasteiger partial charge in [0.25, 0.3) is 5.92 Å². The summed E-state index contributed by atoms with van der Waals surface area (Å²) in [5.74, 6) is -3.09. The Balaban J connectivity index is 1.28. The number of aromatic nitrogens is 1. The molecule has 1 aliphatic carbocycles. The Morgan fingerprint density at radius 3 is 2.52 bits per heavy atom. The van der Waals surface area contributed by atoms with Crippen LogP contribution in [0.15, 0.2) is 36.4 Å². The van der Waals surface area contributed by atoms with Gasteiger partial charge in [-0.3, -0.25) is 18.5 Å². The summed E-state index contributed by atoms with van der Waals surface area (Å²) >= 11 is 1.46. The second-order valence-electron chi connectivity index (χ2n) is 8.96. The van der Waals surface area contributed by atoms with Crippen LogP contribution in [0.5, 0.6) is 0 Å². The smallest absolute Gasteiger partial charge is 0.253 e. The van der Waals surface area contributed by atoms with Gasteiger partial charge in [0, 0.05) is 64.2 Å². The first-order valence-corrected chi connectivity index (χ1v) is 13.5. The number of hydrogen-bond donors (Lipinski definition) is 0. The summed E-state index contributed by atoms with van der Waals surface area (Å²) in [7, 11) is -1.20. The highest BCUT2D eigenvalue weighted by atomic mass is 32.2. The van der Waals surface area contributed by atoms with Gasteiger partial charge in [-0.25, -0.2) is 17.2 Å². The predicted octanol–water partition coefficient (Wildman–Crippen LogP) is 3.30. The number of piperazine rings is 1. The molecule has 5 rings (SSSR count). The van der Waals surface area contributed by atoms with Crippen molar-refractivity contribution in [3.05, 3.63) is 42.1 Å². The maximum atomic E-state index is 13.4. The molecule has 0 bridgehead atoms. The lowest BCUT2D eigenvalue weighted by Gasteiger charge is -2.33. The Labute approximate surface area is 197 Å². The molecule has 33 heavy (non-hydrogen) atoms. The van der Waals surface area contributed by atoms with E-state index in [1.807, 2.05) is 46.0 Å². The van der Waals surface area contributed by atoms with Gasteiger partial charge in [-0.2, -0.15) is 4.31 Å². The van der Waals surface area contributed by atoms with E-state index in [1.165, 1.54) is 22.7 Å². The Kier molecular flexibility index (Phi) is 5.79. The molecule has 0 spiro atoms. The van der Waals surface area contributed by atoms with Crippen LogP contribution in [0, 0.1) is 5.92 Å². The summed E-state index contributed by atoms with van der Waals surface area (Å²) in [5.41, 5.74) is 4.71. The predicted molar refractivity (Wildman–Crippen MR) is 128 cm³/mol. The van der Waals surface area contributed by atoms with Gasteiger partial charge in [-0.05, 0) is 24.3 Å². The van der Waals surface area contributed by atoms with E-state index in [0.717, 1.165) is 28.3 Å². The first kappa shape index (κ1) is 22.8. The topological polar surface area (TPSA) is 60.0 Å². The van der Waals surface area contributed by atoms with Crippen LogP contribution >= 0.6 is 12.1 Å². The van der Waals surface area contributed by atoms with Crippen LogP contribution < -0.4 is 8.61 Å². The summed E-state index contributed by atoms with van der Waals surface area (Å²) in [6.45, 7) is 3.35. The number of pyridine rings is 1. The molecule has 7 nitrogen and oxygen atoms in total. The van der Waals surface area contributed by atoms with Gasteiger partial charge >= 0.3 is 0 Å². The molecule has 3 aliphatic rings. The number of hydrogen-bond acceptors (Lipinski definition) is 7. The van der Waals surface area contributed by atoms with Crippen LogP contribution in [-0.2, 0) is 16.6 Å². The molecule has 1 saturated heterocycles. The lowest BCUT2D eigenvalue weighted by molar-refractivity contribution is 0.101. The maximum absolute atomic E-state index is 13.4. The van der Waals surface area contributed by atoms with E-state index in [0.29, 0.717) is 39.3 Å². The normalized spacial score (nSPS) is 23.1. The van der Waals surface area contributed by atoms with E-state index < -0.39 is 21.9 Å². The summed E-state index contributed by atoms with van der Waals surface area (Å²) in [6.07, 6.45) is 1.22. The number of fused-ring (bicyclic) bond motifs is 1. The molecule has 1 aromatic carbocycles. The molecule has 2 aliphatic heterocycles. The lowest BCUT2D eigenvalue weighted by Crippen LogP contribution is -2.47. The third kappa shape index (κ3) is 4.82. The lowest BCUT2D eigenvalue weighted by atomic mass is 10.1. The largest absolute Gasteiger partial charge is 0.300 e. The quantitative estimate of drug-likeness (QED) is 0.570. The molecule has 3 heterocycles. The molecule has 0 radical (unpaired) electrons. The molecule has 11 heteroatoms. The average Bonchev–Trinajstić information content (AvgIpc) is 3.25. The van der Waals surface area contributed by atoms with E-state index in [1.54, 1.807) is 0 Å². The van der Waals surface area contributed by atoms with Crippen molar-refractivity contribution in [2.45, 2.75) is 18.9 Å². The molecule has 0 N–H and O–H groups in total. The van der Waals surface area contributed by atoms with Crippen molar-refractivity contribution in [1.82, 2.24) is 14.2 Å². The van der Waals surface area contributed by atoms with Gasteiger partial charge in [0.15, 0.2) is 0 Å². The zero-order valence-corrected chi connectivity index (χ0v) is 20.2. The maximum Gasteiger partial charge on any atom is 0.253 e. The van der Waals surface area contributed by atoms with Crippen LogP contribution in [0.1, 0.15) is 12.1 Å². The molecule has 178 valence electrons. The highest BCUT2D eigenvalue weighted by molar-refractivity contribution is 8.02. The van der Waals surface area contributed by atoms with Crippen LogP contribution in [0.2, 0.25) is 0 Å². The number of rotatable bonds is 6. The van der Waals surface area contributed by atoms with Gasteiger partial charge in [0.05, 0.1) is 41.2 Å². The zero-order valence-electron chi connectivity index (χ0n) is 18.6. The van der Waals surface area contributed by atoms with Crippen molar-refractivity contribution in [2.75, 3.05) is 54.6 Å². The molecule has 2 fully saturated rings. The highest BCUT2D eigenvalue weighted by Gasteiger charge is 2.57. The van der Waals surface area contributed by atoms with Crippen molar-refractivity contribution >= 4 is 33.5 Å². The number of benzene rings is 1. The molecule has 1 saturated carbocycles. The van der Waals surface area contributed by atoms with Crippen molar-refractivity contribution in [3.63, 3.8) is 0 Å². The van der Waals surface area contributed by atoms with Crippen LogP contribution in [0.3, 0.4) is 0 Å². The standard InChI is InChI=1S/C22H27F2N5O2S2/c1-26-21-12-16(6-7-20(21)29(32-26)14-17-13-22(17,23)24)19-5-3-4-18(25-19)15-27-8-10-28(11-9-27)33(2,30)31/h3-7,12,17H,8-11,13-15H2,1-2H3. The SMILES string of the molecule is CN1SN(CC2CC2(F)F)c2ccc(-c3cccc(CN4CCN(S(C)(=O)=O)CC4)n3)cc21. The van der Waals surface area contributed by atoms with Crippen molar-refractivity contribution < 1.29 is 17.2 Å². The third-order valence-corrected chi connectivity index (χ3v) is 8.72. The number of nitrogens with zero attached hydrogens (tertiary/aromatic N) is 5. The van der Waals surface area contributed by atoms with E-state index in [-0.39, 0.29) is 6.42 Å². The second-order valence-corrected chi connectivity index (χ2v) is 12.1. The fourth-order valence-corrected chi connectivity index (χ4v) is 6.20. The monoisotopic (exact) mass is 495 g/mol. The fraction of sp³-hybridized carbons (Fsp3) is 0.500. The minimum atomic E-state index is -3.14. The van der Waals surface area contributed by atoms with E-state index in [9.17, 15) is 17.2 Å². The van der Waals surface area contributed by atoms with Gasteiger partial charge in [0.1, 0.15) is 0 Å². The zero-order chi connectivity index (χ0) is 23.4. The molecule has 1 aromatic heterocycles. The van der Waals surface area contributed by atoms with E-state index in [4.69, 9.17) is 4.98 Å². The minimum Gasteiger partial charge on any atom is -0.300 e. The van der Waals surface area contributed by atoms with Gasteiger partial charge in [0.2, 0.25) is 10.0 Å².